The fourth-order valence-corrected chi connectivity index (χ4v) is 1.41. The minimum Gasteiger partial charge on any atom is -0.406 e. The zero-order valence-electron chi connectivity index (χ0n) is 13.2. The van der Waals surface area contributed by atoms with Gasteiger partial charge in [-0.15, -0.1) is 13.2 Å². The highest BCUT2D eigenvalue weighted by atomic mass is 19.4. The van der Waals surface area contributed by atoms with E-state index < -0.39 is 36.1 Å². The number of rotatable bonds is 2. The average molecular weight is 267 g/mol. The summed E-state index contributed by atoms with van der Waals surface area (Å²) in [6.45, 7) is 2.19. The van der Waals surface area contributed by atoms with Crippen molar-refractivity contribution in [1.29, 1.82) is 0 Å². The first-order valence-electron chi connectivity index (χ1n) is 6.77. The zero-order chi connectivity index (χ0) is 16.6. The molecule has 102 valence electrons. The topological polar surface area (TPSA) is 9.23 Å². The molecule has 0 aliphatic carbocycles. The summed E-state index contributed by atoms with van der Waals surface area (Å²) in [6.07, 6.45) is -4.92. The summed E-state index contributed by atoms with van der Waals surface area (Å²) in [5, 5.41) is 0. The summed E-state index contributed by atoms with van der Waals surface area (Å²) >= 11 is 0. The quantitative estimate of drug-likeness (QED) is 0.694. The van der Waals surface area contributed by atoms with Crippen LogP contribution >= 0.6 is 0 Å². The first kappa shape index (κ1) is 10.6. The van der Waals surface area contributed by atoms with Crippen molar-refractivity contribution in [1.82, 2.24) is 0 Å². The molecular weight excluding hydrogens is 248 g/mol. The van der Waals surface area contributed by atoms with Crippen LogP contribution < -0.4 is 4.74 Å². The second kappa shape index (κ2) is 4.78. The first-order chi connectivity index (χ1) is 9.22. The van der Waals surface area contributed by atoms with Crippen molar-refractivity contribution in [2.45, 2.75) is 39.9 Å². The molecule has 0 aliphatic heterocycles. The smallest absolute Gasteiger partial charge is 0.406 e. The van der Waals surface area contributed by atoms with Crippen molar-refractivity contribution in [2.75, 3.05) is 0 Å². The molecule has 1 atom stereocenters. The lowest BCUT2D eigenvalue weighted by atomic mass is 9.77. The van der Waals surface area contributed by atoms with Crippen LogP contribution in [0.2, 0.25) is 0 Å². The standard InChI is InChI=1S/C13H16F4O/c1-8(12(2,3)4)10-7-9(5-6-11(10)14)18-13(15,16)17/h5-8H,1-4H3/t8-/m1/s1/i1D3. The molecule has 0 saturated heterocycles. The number of ether oxygens (including phenoxy) is 1. The molecule has 18 heavy (non-hydrogen) atoms. The van der Waals surface area contributed by atoms with Gasteiger partial charge in [0, 0.05) is 4.11 Å². The van der Waals surface area contributed by atoms with Crippen LogP contribution in [0.5, 0.6) is 5.75 Å². The van der Waals surface area contributed by atoms with Crippen LogP contribution in [0.4, 0.5) is 17.6 Å². The van der Waals surface area contributed by atoms with Crippen molar-refractivity contribution in [3.8, 4) is 5.75 Å². The maximum absolute atomic E-state index is 13.9. The summed E-state index contributed by atoms with van der Waals surface area (Å²) < 4.78 is 76.9. The Kier molecular flexibility index (Phi) is 2.83. The third-order valence-corrected chi connectivity index (χ3v) is 2.38. The van der Waals surface area contributed by atoms with E-state index in [1.165, 1.54) is 0 Å². The second-order valence-corrected chi connectivity index (χ2v) is 5.03. The molecule has 0 amide bonds. The van der Waals surface area contributed by atoms with Gasteiger partial charge in [0.15, 0.2) is 0 Å². The summed E-state index contributed by atoms with van der Waals surface area (Å²) in [7, 11) is 0. The molecule has 0 aromatic heterocycles. The molecule has 0 spiro atoms. The van der Waals surface area contributed by atoms with Gasteiger partial charge in [0.2, 0.25) is 0 Å². The Balaban J connectivity index is 3.35. The molecule has 0 bridgehead atoms. The van der Waals surface area contributed by atoms with Crippen molar-refractivity contribution < 1.29 is 26.4 Å². The van der Waals surface area contributed by atoms with Crippen LogP contribution in [-0.4, -0.2) is 6.36 Å². The van der Waals surface area contributed by atoms with Gasteiger partial charge in [-0.2, -0.15) is 0 Å². The minimum absolute atomic E-state index is 0.316. The Morgan fingerprint density at radius 1 is 1.22 bits per heavy atom. The van der Waals surface area contributed by atoms with Crippen molar-refractivity contribution in [3.05, 3.63) is 29.6 Å². The lowest BCUT2D eigenvalue weighted by molar-refractivity contribution is -0.274. The number of hydrogen-bond acceptors (Lipinski definition) is 1. The normalized spacial score (nSPS) is 17.6. The largest absolute Gasteiger partial charge is 0.573 e. The van der Waals surface area contributed by atoms with Crippen molar-refractivity contribution >= 4 is 0 Å². The molecule has 0 aliphatic rings. The summed E-state index contributed by atoms with van der Waals surface area (Å²) in [5.41, 5.74) is -1.19. The molecule has 1 aromatic carbocycles. The summed E-state index contributed by atoms with van der Waals surface area (Å²) in [4.78, 5) is 0. The van der Waals surface area contributed by atoms with Crippen LogP contribution in [0, 0.1) is 11.2 Å². The van der Waals surface area contributed by atoms with Gasteiger partial charge in [-0.05, 0) is 35.1 Å². The van der Waals surface area contributed by atoms with Gasteiger partial charge in [0.1, 0.15) is 11.6 Å². The molecular formula is C13H16F4O. The van der Waals surface area contributed by atoms with Gasteiger partial charge in [0.05, 0.1) is 0 Å². The van der Waals surface area contributed by atoms with Crippen LogP contribution in [0.15, 0.2) is 18.2 Å². The lowest BCUT2D eigenvalue weighted by Crippen LogP contribution is -2.19. The van der Waals surface area contributed by atoms with E-state index in [2.05, 4.69) is 4.74 Å². The number of alkyl halides is 3. The van der Waals surface area contributed by atoms with Crippen molar-refractivity contribution in [2.24, 2.45) is 5.41 Å². The minimum atomic E-state index is -4.92. The van der Waals surface area contributed by atoms with E-state index in [1.54, 1.807) is 20.8 Å². The van der Waals surface area contributed by atoms with Gasteiger partial charge in [-0.3, -0.25) is 0 Å². The highest BCUT2D eigenvalue weighted by Crippen LogP contribution is 2.37. The number of benzene rings is 1. The van der Waals surface area contributed by atoms with E-state index in [0.29, 0.717) is 0 Å². The van der Waals surface area contributed by atoms with Gasteiger partial charge >= 0.3 is 6.36 Å². The van der Waals surface area contributed by atoms with Crippen LogP contribution in [0.1, 0.15) is 43.2 Å². The molecule has 1 rings (SSSR count). The van der Waals surface area contributed by atoms with E-state index in [-0.39, 0.29) is 5.56 Å². The summed E-state index contributed by atoms with van der Waals surface area (Å²) in [6, 6.07) is 2.39. The maximum atomic E-state index is 13.9. The van der Waals surface area contributed by atoms with Crippen LogP contribution in [0.25, 0.3) is 0 Å². The fraction of sp³-hybridized carbons (Fsp3) is 0.538. The fourth-order valence-electron chi connectivity index (χ4n) is 1.41. The number of hydrogen-bond donors (Lipinski definition) is 0. The maximum Gasteiger partial charge on any atom is 0.573 e. The average Bonchev–Trinajstić information content (AvgIpc) is 2.16. The molecule has 0 fully saturated rings. The molecule has 0 radical (unpaired) electrons. The lowest BCUT2D eigenvalue weighted by Gasteiger charge is -2.28. The van der Waals surface area contributed by atoms with Gasteiger partial charge < -0.3 is 4.74 Å². The van der Waals surface area contributed by atoms with Crippen LogP contribution in [-0.2, 0) is 0 Å². The Morgan fingerprint density at radius 3 is 2.28 bits per heavy atom. The third-order valence-electron chi connectivity index (χ3n) is 2.38. The predicted molar refractivity (Wildman–Crippen MR) is 61.0 cm³/mol. The number of halogens is 4. The third kappa shape index (κ3) is 3.89. The molecule has 0 heterocycles. The monoisotopic (exact) mass is 267 g/mol. The molecule has 5 heteroatoms. The molecule has 1 aromatic rings. The highest BCUT2D eigenvalue weighted by molar-refractivity contribution is 5.33. The Labute approximate surface area is 108 Å². The zero-order valence-corrected chi connectivity index (χ0v) is 10.2. The second-order valence-electron chi connectivity index (χ2n) is 5.03. The molecule has 0 saturated carbocycles. The Bertz CT molecular complexity index is 490. The van der Waals surface area contributed by atoms with E-state index in [0.717, 1.165) is 18.2 Å². The van der Waals surface area contributed by atoms with E-state index in [1.807, 2.05) is 0 Å². The van der Waals surface area contributed by atoms with Gasteiger partial charge in [0.25, 0.3) is 0 Å². The van der Waals surface area contributed by atoms with Gasteiger partial charge in [-0.25, -0.2) is 4.39 Å². The highest BCUT2D eigenvalue weighted by Gasteiger charge is 2.32. The predicted octanol–water partition coefficient (Wildman–Crippen LogP) is 4.87. The molecule has 0 unspecified atom stereocenters. The Hall–Kier alpha value is -1.26. The van der Waals surface area contributed by atoms with E-state index in [4.69, 9.17) is 4.11 Å². The van der Waals surface area contributed by atoms with Crippen LogP contribution in [0.3, 0.4) is 0 Å². The van der Waals surface area contributed by atoms with E-state index >= 15 is 0 Å². The van der Waals surface area contributed by atoms with Crippen molar-refractivity contribution in [3.63, 3.8) is 0 Å². The van der Waals surface area contributed by atoms with E-state index in [9.17, 15) is 17.6 Å². The molecule has 1 nitrogen and oxygen atoms in total. The molecule has 0 N–H and O–H groups in total. The Morgan fingerprint density at radius 2 is 1.83 bits per heavy atom. The first-order valence-corrected chi connectivity index (χ1v) is 5.27. The van der Waals surface area contributed by atoms with Gasteiger partial charge in [-0.1, -0.05) is 27.6 Å². The SMILES string of the molecule is [2H]C([2H])([2H])[C@H](c1cc(OC(F)(F)F)ccc1F)C(C)(C)C. The summed E-state index contributed by atoms with van der Waals surface area (Å²) in [5.74, 6) is -2.78.